The van der Waals surface area contributed by atoms with Gasteiger partial charge in [0.1, 0.15) is 0 Å². The topological polar surface area (TPSA) is 82.8 Å². The van der Waals surface area contributed by atoms with Gasteiger partial charge in [0.15, 0.2) is 0 Å². The summed E-state index contributed by atoms with van der Waals surface area (Å²) in [4.78, 5) is 24.6. The Labute approximate surface area is 98.7 Å². The SMILES string of the molecule is Cn1ccc(C(=O)N(CCO)CCO)cc1=O. The molecule has 0 aliphatic rings. The van der Waals surface area contributed by atoms with Crippen LogP contribution in [-0.4, -0.2) is 51.9 Å². The Kier molecular flexibility index (Phi) is 4.86. The van der Waals surface area contributed by atoms with Crippen molar-refractivity contribution in [2.75, 3.05) is 26.3 Å². The van der Waals surface area contributed by atoms with Crippen LogP contribution in [0.4, 0.5) is 0 Å². The smallest absolute Gasteiger partial charge is 0.254 e. The Bertz CT molecular complexity index is 435. The molecule has 0 bridgehead atoms. The number of carbonyl (C=O) groups excluding carboxylic acids is 1. The lowest BCUT2D eigenvalue weighted by atomic mass is 10.2. The van der Waals surface area contributed by atoms with Gasteiger partial charge in [0.05, 0.1) is 13.2 Å². The van der Waals surface area contributed by atoms with Gasteiger partial charge < -0.3 is 19.7 Å². The molecule has 0 aromatic carbocycles. The van der Waals surface area contributed by atoms with Crippen molar-refractivity contribution < 1.29 is 15.0 Å². The summed E-state index contributed by atoms with van der Waals surface area (Å²) in [5.41, 5.74) is -0.0150. The maximum atomic E-state index is 11.9. The van der Waals surface area contributed by atoms with Crippen molar-refractivity contribution in [1.29, 1.82) is 0 Å². The first kappa shape index (κ1) is 13.4. The fourth-order valence-electron chi connectivity index (χ4n) is 1.42. The second kappa shape index (κ2) is 6.17. The van der Waals surface area contributed by atoms with Gasteiger partial charge in [-0.25, -0.2) is 0 Å². The average molecular weight is 240 g/mol. The van der Waals surface area contributed by atoms with Crippen LogP contribution in [0.1, 0.15) is 10.4 Å². The molecule has 1 heterocycles. The van der Waals surface area contributed by atoms with E-state index in [1.165, 1.54) is 27.8 Å². The molecule has 1 amide bonds. The zero-order chi connectivity index (χ0) is 12.8. The van der Waals surface area contributed by atoms with E-state index >= 15 is 0 Å². The van der Waals surface area contributed by atoms with Crippen molar-refractivity contribution in [3.8, 4) is 0 Å². The Morgan fingerprint density at radius 1 is 1.35 bits per heavy atom. The summed E-state index contributed by atoms with van der Waals surface area (Å²) < 4.78 is 1.36. The first-order valence-corrected chi connectivity index (χ1v) is 5.28. The molecule has 94 valence electrons. The predicted molar refractivity (Wildman–Crippen MR) is 61.8 cm³/mol. The molecule has 0 aliphatic heterocycles. The summed E-state index contributed by atoms with van der Waals surface area (Å²) in [6.07, 6.45) is 1.51. The highest BCUT2D eigenvalue weighted by Gasteiger charge is 2.15. The second-order valence-electron chi connectivity index (χ2n) is 3.60. The monoisotopic (exact) mass is 240 g/mol. The number of hydrogen-bond donors (Lipinski definition) is 2. The Morgan fingerprint density at radius 3 is 2.41 bits per heavy atom. The van der Waals surface area contributed by atoms with Crippen LogP contribution >= 0.6 is 0 Å². The summed E-state index contributed by atoms with van der Waals surface area (Å²) in [6.45, 7) is -0.101. The molecule has 2 N–H and O–H groups in total. The Hall–Kier alpha value is -1.66. The molecule has 6 nitrogen and oxygen atoms in total. The zero-order valence-corrected chi connectivity index (χ0v) is 9.67. The van der Waals surface area contributed by atoms with E-state index in [0.29, 0.717) is 0 Å². The van der Waals surface area contributed by atoms with Gasteiger partial charge in [-0.05, 0) is 6.07 Å². The van der Waals surface area contributed by atoms with E-state index in [0.717, 1.165) is 0 Å². The van der Waals surface area contributed by atoms with Crippen LogP contribution in [0, 0.1) is 0 Å². The maximum Gasteiger partial charge on any atom is 0.254 e. The lowest BCUT2D eigenvalue weighted by Crippen LogP contribution is -2.36. The van der Waals surface area contributed by atoms with Crippen LogP contribution in [0.15, 0.2) is 23.1 Å². The first-order valence-electron chi connectivity index (χ1n) is 5.28. The molecule has 17 heavy (non-hydrogen) atoms. The third kappa shape index (κ3) is 3.40. The van der Waals surface area contributed by atoms with Crippen LogP contribution in [-0.2, 0) is 7.05 Å². The number of aliphatic hydroxyl groups is 2. The number of pyridine rings is 1. The molecule has 1 rings (SSSR count). The van der Waals surface area contributed by atoms with Gasteiger partial charge >= 0.3 is 0 Å². The van der Waals surface area contributed by atoms with E-state index < -0.39 is 0 Å². The molecule has 0 atom stereocenters. The average Bonchev–Trinajstić information content (AvgIpc) is 2.31. The third-order valence-corrected chi connectivity index (χ3v) is 2.38. The maximum absolute atomic E-state index is 11.9. The standard InChI is InChI=1S/C11H16N2O4/c1-12-3-2-9(8-10(12)16)11(17)13(4-6-14)5-7-15/h2-3,8,14-15H,4-7H2,1H3. The van der Waals surface area contributed by atoms with Gasteiger partial charge in [-0.2, -0.15) is 0 Å². The molecule has 0 saturated heterocycles. The summed E-state index contributed by atoms with van der Waals surface area (Å²) in [7, 11) is 1.59. The van der Waals surface area contributed by atoms with E-state index in [2.05, 4.69) is 0 Å². The van der Waals surface area contributed by atoms with Gasteiger partial charge in [-0.3, -0.25) is 9.59 Å². The summed E-state index contributed by atoms with van der Waals surface area (Å²) in [5.74, 6) is -0.370. The van der Waals surface area contributed by atoms with Crippen molar-refractivity contribution >= 4 is 5.91 Å². The summed E-state index contributed by atoms with van der Waals surface area (Å²) in [6, 6.07) is 2.77. The third-order valence-electron chi connectivity index (χ3n) is 2.38. The van der Waals surface area contributed by atoms with E-state index in [9.17, 15) is 9.59 Å². The Balaban J connectivity index is 2.92. The van der Waals surface area contributed by atoms with Crippen molar-refractivity contribution in [1.82, 2.24) is 9.47 Å². The molecular weight excluding hydrogens is 224 g/mol. The number of carbonyl (C=O) groups is 1. The minimum absolute atomic E-state index is 0.134. The molecule has 0 fully saturated rings. The lowest BCUT2D eigenvalue weighted by molar-refractivity contribution is 0.0684. The fraction of sp³-hybridized carbons (Fsp3) is 0.455. The van der Waals surface area contributed by atoms with Gasteiger partial charge in [0.25, 0.3) is 11.5 Å². The largest absolute Gasteiger partial charge is 0.395 e. The normalized spacial score (nSPS) is 10.3. The number of aryl methyl sites for hydroxylation is 1. The minimum Gasteiger partial charge on any atom is -0.395 e. The van der Waals surface area contributed by atoms with Gasteiger partial charge in [0, 0.05) is 38.0 Å². The number of aromatic nitrogens is 1. The number of hydrogen-bond acceptors (Lipinski definition) is 4. The molecule has 0 spiro atoms. The molecule has 1 aromatic rings. The van der Waals surface area contributed by atoms with Crippen LogP contribution < -0.4 is 5.56 Å². The highest BCUT2D eigenvalue weighted by molar-refractivity contribution is 5.94. The molecule has 1 aromatic heterocycles. The molecule has 0 unspecified atom stereocenters. The van der Waals surface area contributed by atoms with E-state index in [1.807, 2.05) is 0 Å². The number of amides is 1. The quantitative estimate of drug-likeness (QED) is 0.678. The van der Waals surface area contributed by atoms with Gasteiger partial charge in [-0.1, -0.05) is 0 Å². The predicted octanol–water partition coefficient (Wildman–Crippen LogP) is -1.19. The number of nitrogens with zero attached hydrogens (tertiary/aromatic N) is 2. The zero-order valence-electron chi connectivity index (χ0n) is 9.67. The van der Waals surface area contributed by atoms with Crippen molar-refractivity contribution in [3.05, 3.63) is 34.2 Å². The van der Waals surface area contributed by atoms with Crippen LogP contribution in [0.25, 0.3) is 0 Å². The van der Waals surface area contributed by atoms with E-state index in [4.69, 9.17) is 10.2 Å². The van der Waals surface area contributed by atoms with E-state index in [-0.39, 0.29) is 43.3 Å². The van der Waals surface area contributed by atoms with Crippen molar-refractivity contribution in [2.24, 2.45) is 7.05 Å². The van der Waals surface area contributed by atoms with Crippen LogP contribution in [0.3, 0.4) is 0 Å². The molecule has 0 radical (unpaired) electrons. The fourth-order valence-corrected chi connectivity index (χ4v) is 1.42. The first-order chi connectivity index (χ1) is 8.10. The molecule has 6 heteroatoms. The lowest BCUT2D eigenvalue weighted by Gasteiger charge is -2.20. The second-order valence-corrected chi connectivity index (χ2v) is 3.60. The highest BCUT2D eigenvalue weighted by atomic mass is 16.3. The minimum atomic E-state index is -0.370. The number of aliphatic hydroxyl groups excluding tert-OH is 2. The molecule has 0 aliphatic carbocycles. The highest BCUT2D eigenvalue weighted by Crippen LogP contribution is 2.01. The molecule has 0 saturated carbocycles. The van der Waals surface area contributed by atoms with Crippen LogP contribution in [0.5, 0.6) is 0 Å². The summed E-state index contributed by atoms with van der Waals surface area (Å²) >= 11 is 0. The van der Waals surface area contributed by atoms with Crippen molar-refractivity contribution in [2.45, 2.75) is 0 Å². The molecular formula is C11H16N2O4. The van der Waals surface area contributed by atoms with Gasteiger partial charge in [-0.15, -0.1) is 0 Å². The van der Waals surface area contributed by atoms with Crippen LogP contribution in [0.2, 0.25) is 0 Å². The van der Waals surface area contributed by atoms with E-state index in [1.54, 1.807) is 7.05 Å². The van der Waals surface area contributed by atoms with Gasteiger partial charge in [0.2, 0.25) is 0 Å². The Morgan fingerprint density at radius 2 is 1.94 bits per heavy atom. The van der Waals surface area contributed by atoms with Crippen molar-refractivity contribution in [3.63, 3.8) is 0 Å². The number of rotatable bonds is 5. The summed E-state index contributed by atoms with van der Waals surface area (Å²) in [5, 5.41) is 17.6.